The van der Waals surface area contributed by atoms with Crippen molar-refractivity contribution in [3.05, 3.63) is 45.3 Å². The van der Waals surface area contributed by atoms with Gasteiger partial charge in [-0.15, -0.1) is 17.3 Å². The topological polar surface area (TPSA) is 68.3 Å². The average molecular weight is 386 g/mol. The molecular formula is C19H18N2O3S2. The Labute approximate surface area is 157 Å². The van der Waals surface area contributed by atoms with Crippen LogP contribution in [0.25, 0.3) is 5.57 Å². The van der Waals surface area contributed by atoms with E-state index in [0.29, 0.717) is 40.6 Å². The van der Waals surface area contributed by atoms with Crippen molar-refractivity contribution in [1.82, 2.24) is 4.98 Å². The van der Waals surface area contributed by atoms with E-state index in [9.17, 15) is 8.42 Å². The smallest absolute Gasteiger partial charge is 0.217 e. The van der Waals surface area contributed by atoms with E-state index in [-0.39, 0.29) is 10.9 Å². The van der Waals surface area contributed by atoms with Gasteiger partial charge in [-0.05, 0) is 25.8 Å². The maximum Gasteiger partial charge on any atom is 0.217 e. The number of hydrogen-bond donors (Lipinski definition) is 1. The van der Waals surface area contributed by atoms with Gasteiger partial charge in [0.25, 0.3) is 0 Å². The third-order valence-electron chi connectivity index (χ3n) is 4.56. The molecule has 134 valence electrons. The Bertz CT molecular complexity index is 1020. The average Bonchev–Trinajstić information content (AvgIpc) is 3.23. The summed E-state index contributed by atoms with van der Waals surface area (Å²) in [7, 11) is -3.69. The van der Waals surface area contributed by atoms with Crippen LogP contribution in [-0.2, 0) is 14.6 Å². The predicted molar refractivity (Wildman–Crippen MR) is 103 cm³/mol. The van der Waals surface area contributed by atoms with E-state index >= 15 is 0 Å². The molecule has 0 amide bonds. The molecule has 1 aromatic carbocycles. The van der Waals surface area contributed by atoms with Crippen LogP contribution in [-0.4, -0.2) is 32.7 Å². The van der Waals surface area contributed by atoms with E-state index < -0.39 is 9.84 Å². The lowest BCUT2D eigenvalue weighted by Gasteiger charge is -2.25. The first-order valence-electron chi connectivity index (χ1n) is 8.41. The third kappa shape index (κ3) is 2.84. The number of benzene rings is 1. The Kier molecular flexibility index (Phi) is 4.57. The van der Waals surface area contributed by atoms with Crippen molar-refractivity contribution in [3.8, 4) is 11.8 Å². The molecule has 1 saturated heterocycles. The Hall–Kier alpha value is -2.14. The number of hydrogen-bond acceptors (Lipinski definition) is 6. The number of sulfone groups is 1. The van der Waals surface area contributed by atoms with E-state index in [1.54, 1.807) is 12.4 Å². The quantitative estimate of drug-likeness (QED) is 0.820. The van der Waals surface area contributed by atoms with Crippen LogP contribution in [0.15, 0.2) is 38.9 Å². The van der Waals surface area contributed by atoms with Crippen LogP contribution in [0.4, 0.5) is 5.69 Å². The van der Waals surface area contributed by atoms with Crippen molar-refractivity contribution in [3.63, 3.8) is 0 Å². The number of fused-ring (bicyclic) bond motifs is 1. The molecule has 5 nitrogen and oxygen atoms in total. The van der Waals surface area contributed by atoms with Crippen LogP contribution < -0.4 is 5.32 Å². The molecule has 0 radical (unpaired) electrons. The monoisotopic (exact) mass is 386 g/mol. The minimum absolute atomic E-state index is 0.141. The first-order chi connectivity index (χ1) is 12.6. The van der Waals surface area contributed by atoms with Gasteiger partial charge >= 0.3 is 0 Å². The second kappa shape index (κ2) is 6.88. The lowest BCUT2D eigenvalue weighted by atomic mass is 10.0. The van der Waals surface area contributed by atoms with E-state index in [4.69, 9.17) is 4.74 Å². The van der Waals surface area contributed by atoms with Crippen LogP contribution in [0.3, 0.4) is 0 Å². The summed E-state index contributed by atoms with van der Waals surface area (Å²) in [5.41, 5.74) is 4.26. The molecule has 2 aliphatic rings. The molecule has 4 rings (SSSR count). The molecule has 7 heteroatoms. The molecule has 0 aliphatic carbocycles. The lowest BCUT2D eigenvalue weighted by molar-refractivity contribution is 0.0904. The number of aromatic nitrogens is 1. The third-order valence-corrected chi connectivity index (χ3v) is 6.96. The molecule has 0 bridgehead atoms. The van der Waals surface area contributed by atoms with Crippen molar-refractivity contribution in [2.45, 2.75) is 30.7 Å². The first kappa shape index (κ1) is 17.3. The van der Waals surface area contributed by atoms with E-state index in [1.165, 1.54) is 11.3 Å². The summed E-state index contributed by atoms with van der Waals surface area (Å²) >= 11 is 1.44. The van der Waals surface area contributed by atoms with Crippen LogP contribution in [0.5, 0.6) is 0 Å². The predicted octanol–water partition coefficient (Wildman–Crippen LogP) is 3.30. The van der Waals surface area contributed by atoms with Crippen LogP contribution in [0.1, 0.15) is 31.0 Å². The molecule has 0 atom stereocenters. The van der Waals surface area contributed by atoms with E-state index in [2.05, 4.69) is 22.1 Å². The molecule has 1 fully saturated rings. The summed E-state index contributed by atoms with van der Waals surface area (Å²) in [5.74, 6) is 5.55. The molecule has 0 saturated carbocycles. The van der Waals surface area contributed by atoms with Gasteiger partial charge in [-0.3, -0.25) is 0 Å². The molecule has 0 unspecified atom stereocenters. The van der Waals surface area contributed by atoms with Crippen LogP contribution in [0.2, 0.25) is 0 Å². The normalized spacial score (nSPS) is 19.0. The number of rotatable bonds is 3. The zero-order valence-corrected chi connectivity index (χ0v) is 15.9. The summed E-state index contributed by atoms with van der Waals surface area (Å²) in [4.78, 5) is 4.79. The number of ether oxygens (including phenoxy) is 1. The van der Waals surface area contributed by atoms with E-state index in [1.807, 2.05) is 23.6 Å². The molecule has 26 heavy (non-hydrogen) atoms. The Morgan fingerprint density at radius 1 is 1.31 bits per heavy atom. The molecule has 3 heterocycles. The zero-order chi connectivity index (χ0) is 18.1. The Morgan fingerprint density at radius 2 is 2.12 bits per heavy atom. The highest BCUT2D eigenvalue weighted by Crippen LogP contribution is 2.45. The second-order valence-electron chi connectivity index (χ2n) is 6.17. The van der Waals surface area contributed by atoms with Crippen molar-refractivity contribution < 1.29 is 13.2 Å². The molecular weight excluding hydrogens is 368 g/mol. The Morgan fingerprint density at radius 3 is 2.81 bits per heavy atom. The summed E-state index contributed by atoms with van der Waals surface area (Å²) < 4.78 is 32.0. The van der Waals surface area contributed by atoms with Crippen molar-refractivity contribution in [1.29, 1.82) is 0 Å². The standard InChI is InChI=1S/C19H18N2O3S2/c1-2-4-17-18(16-11-25-12-20-16)14-5-3-6-15(19(14)26(17,22)23)21-13-7-9-24-10-8-13/h3,5-6,11-13,21H,7-10H2,1H3. The van der Waals surface area contributed by atoms with Gasteiger partial charge in [0.2, 0.25) is 9.84 Å². The second-order valence-corrected chi connectivity index (χ2v) is 8.71. The highest BCUT2D eigenvalue weighted by Gasteiger charge is 2.38. The zero-order valence-electron chi connectivity index (χ0n) is 14.3. The summed E-state index contributed by atoms with van der Waals surface area (Å²) in [6.07, 6.45) is 1.72. The summed E-state index contributed by atoms with van der Waals surface area (Å²) in [5, 5.41) is 5.27. The fourth-order valence-electron chi connectivity index (χ4n) is 3.39. The van der Waals surface area contributed by atoms with Crippen molar-refractivity contribution in [2.24, 2.45) is 0 Å². The molecule has 1 aromatic heterocycles. The number of nitrogens with zero attached hydrogens (tertiary/aromatic N) is 1. The van der Waals surface area contributed by atoms with Gasteiger partial charge in [-0.25, -0.2) is 13.4 Å². The SMILES string of the molecule is CC#CC1=C(c2cscn2)c2cccc(NC3CCOCC3)c2S1(=O)=O. The number of thiazole rings is 1. The molecule has 0 spiro atoms. The summed E-state index contributed by atoms with van der Waals surface area (Å²) in [6, 6.07) is 5.74. The maximum atomic E-state index is 13.3. The van der Waals surface area contributed by atoms with Gasteiger partial charge in [0, 0.05) is 35.8 Å². The van der Waals surface area contributed by atoms with Crippen LogP contribution >= 0.6 is 11.3 Å². The number of nitrogens with one attached hydrogen (secondary N) is 1. The van der Waals surface area contributed by atoms with Gasteiger partial charge in [-0.2, -0.15) is 0 Å². The Balaban J connectivity index is 1.87. The van der Waals surface area contributed by atoms with Crippen molar-refractivity contribution >= 4 is 32.4 Å². The summed E-state index contributed by atoms with van der Waals surface area (Å²) in [6.45, 7) is 3.02. The number of allylic oxidation sites excluding steroid dienone is 1. The van der Waals surface area contributed by atoms with Gasteiger partial charge in [0.05, 0.1) is 16.9 Å². The van der Waals surface area contributed by atoms with Gasteiger partial charge < -0.3 is 10.1 Å². The lowest BCUT2D eigenvalue weighted by Crippen LogP contribution is -2.28. The van der Waals surface area contributed by atoms with Gasteiger partial charge in [0.1, 0.15) is 9.80 Å². The molecule has 1 N–H and O–H groups in total. The highest BCUT2D eigenvalue weighted by atomic mass is 32.2. The largest absolute Gasteiger partial charge is 0.381 e. The maximum absolute atomic E-state index is 13.3. The van der Waals surface area contributed by atoms with Gasteiger partial charge in [-0.1, -0.05) is 18.1 Å². The highest BCUT2D eigenvalue weighted by molar-refractivity contribution is 7.96. The fraction of sp³-hybridized carbons (Fsp3) is 0.316. The van der Waals surface area contributed by atoms with Gasteiger partial charge in [0.15, 0.2) is 0 Å². The van der Waals surface area contributed by atoms with E-state index in [0.717, 1.165) is 12.8 Å². The molecule has 2 aromatic rings. The minimum atomic E-state index is -3.69. The minimum Gasteiger partial charge on any atom is -0.381 e. The number of anilines is 1. The van der Waals surface area contributed by atoms with Crippen LogP contribution in [0, 0.1) is 11.8 Å². The van der Waals surface area contributed by atoms with Crippen molar-refractivity contribution in [2.75, 3.05) is 18.5 Å². The fourth-order valence-corrected chi connectivity index (χ4v) is 5.73. The molecule has 2 aliphatic heterocycles. The first-order valence-corrected chi connectivity index (χ1v) is 10.8.